The van der Waals surface area contributed by atoms with Crippen LogP contribution in [-0.4, -0.2) is 20.9 Å². The quantitative estimate of drug-likeness (QED) is 0.777. The zero-order valence-corrected chi connectivity index (χ0v) is 10.9. The van der Waals surface area contributed by atoms with E-state index in [4.69, 9.17) is 0 Å². The van der Waals surface area contributed by atoms with Gasteiger partial charge in [0, 0.05) is 12.4 Å². The van der Waals surface area contributed by atoms with Crippen molar-refractivity contribution in [1.29, 1.82) is 0 Å². The Bertz CT molecular complexity index is 739. The molecule has 0 fully saturated rings. The third-order valence-electron chi connectivity index (χ3n) is 2.50. The van der Waals surface area contributed by atoms with E-state index in [0.717, 1.165) is 10.3 Å². The minimum Gasteiger partial charge on any atom is -0.296 e. The number of fused-ring (bicyclic) bond motifs is 1. The van der Waals surface area contributed by atoms with Crippen LogP contribution < -0.4 is 5.32 Å². The number of rotatable bonds is 2. The normalized spacial score (nSPS) is 10.6. The van der Waals surface area contributed by atoms with Gasteiger partial charge in [-0.05, 0) is 30.7 Å². The van der Waals surface area contributed by atoms with Gasteiger partial charge in [-0.2, -0.15) is 4.98 Å². The van der Waals surface area contributed by atoms with Crippen molar-refractivity contribution >= 4 is 32.7 Å². The van der Waals surface area contributed by atoms with Gasteiger partial charge >= 0.3 is 0 Å². The van der Waals surface area contributed by atoms with E-state index < -0.39 is 0 Å². The van der Waals surface area contributed by atoms with E-state index in [1.807, 2.05) is 13.0 Å². The Balaban J connectivity index is 1.87. The van der Waals surface area contributed by atoms with Gasteiger partial charge in [-0.25, -0.2) is 4.98 Å². The van der Waals surface area contributed by atoms with E-state index in [0.29, 0.717) is 16.5 Å². The van der Waals surface area contributed by atoms with Gasteiger partial charge in [-0.1, -0.05) is 17.4 Å². The van der Waals surface area contributed by atoms with Crippen LogP contribution in [0, 0.1) is 6.92 Å². The molecule has 0 radical (unpaired) electrons. The number of amides is 1. The average molecular weight is 270 g/mol. The van der Waals surface area contributed by atoms with Crippen LogP contribution in [0.2, 0.25) is 0 Å². The predicted octanol–water partition coefficient (Wildman–Crippen LogP) is 2.65. The molecule has 94 valence electrons. The topological polar surface area (TPSA) is 67.8 Å². The lowest BCUT2D eigenvalue weighted by Crippen LogP contribution is -2.12. The number of aromatic nitrogens is 3. The second kappa shape index (κ2) is 4.74. The highest BCUT2D eigenvalue weighted by Crippen LogP contribution is 2.25. The number of pyridine rings is 2. The number of hydrogen-bond acceptors (Lipinski definition) is 5. The van der Waals surface area contributed by atoms with Gasteiger partial charge in [-0.3, -0.25) is 15.1 Å². The Kier molecular flexibility index (Phi) is 2.92. The van der Waals surface area contributed by atoms with Gasteiger partial charge in [0.05, 0.1) is 4.70 Å². The highest BCUT2D eigenvalue weighted by molar-refractivity contribution is 7.22. The van der Waals surface area contributed by atoms with Gasteiger partial charge < -0.3 is 0 Å². The molecule has 6 heteroatoms. The summed E-state index contributed by atoms with van der Waals surface area (Å²) in [5, 5.41) is 3.26. The number of nitrogens with zero attached hydrogens (tertiary/aromatic N) is 3. The molecule has 3 heterocycles. The molecule has 5 nitrogen and oxygen atoms in total. The van der Waals surface area contributed by atoms with Crippen LogP contribution in [0.25, 0.3) is 10.3 Å². The van der Waals surface area contributed by atoms with Gasteiger partial charge in [0.2, 0.25) is 0 Å². The third-order valence-corrected chi connectivity index (χ3v) is 3.41. The molecule has 0 aliphatic rings. The van der Waals surface area contributed by atoms with Crippen LogP contribution in [0.3, 0.4) is 0 Å². The Morgan fingerprint density at radius 2 is 2.21 bits per heavy atom. The van der Waals surface area contributed by atoms with Crippen LogP contribution in [0.1, 0.15) is 16.1 Å². The first kappa shape index (κ1) is 11.7. The van der Waals surface area contributed by atoms with E-state index >= 15 is 0 Å². The lowest BCUT2D eigenvalue weighted by Gasteiger charge is -1.99. The summed E-state index contributed by atoms with van der Waals surface area (Å²) in [4.78, 5) is 24.4. The maximum atomic E-state index is 11.9. The van der Waals surface area contributed by atoms with Crippen LogP contribution in [0.15, 0.2) is 36.7 Å². The fourth-order valence-electron chi connectivity index (χ4n) is 1.63. The number of carbonyl (C=O) groups excluding carboxylic acids is 1. The Labute approximate surface area is 113 Å². The largest absolute Gasteiger partial charge is 0.296 e. The number of anilines is 1. The predicted molar refractivity (Wildman–Crippen MR) is 74.3 cm³/mol. The zero-order valence-electron chi connectivity index (χ0n) is 10.1. The summed E-state index contributed by atoms with van der Waals surface area (Å²) < 4.78 is 0.955. The Morgan fingerprint density at radius 3 is 3.00 bits per heavy atom. The number of aryl methyl sites for hydroxylation is 1. The van der Waals surface area contributed by atoms with Gasteiger partial charge in [0.15, 0.2) is 10.8 Å². The maximum Gasteiger partial charge on any atom is 0.276 e. The van der Waals surface area contributed by atoms with E-state index in [2.05, 4.69) is 20.3 Å². The van der Waals surface area contributed by atoms with Crippen molar-refractivity contribution in [3.05, 3.63) is 47.9 Å². The van der Waals surface area contributed by atoms with E-state index in [-0.39, 0.29) is 5.91 Å². The van der Waals surface area contributed by atoms with Crippen molar-refractivity contribution in [3.63, 3.8) is 0 Å². The molecule has 19 heavy (non-hydrogen) atoms. The molecule has 0 atom stereocenters. The first-order chi connectivity index (χ1) is 9.22. The molecule has 0 aromatic carbocycles. The first-order valence-electron chi connectivity index (χ1n) is 5.68. The second-order valence-electron chi connectivity index (χ2n) is 4.02. The minimum absolute atomic E-state index is 0.267. The monoisotopic (exact) mass is 270 g/mol. The van der Waals surface area contributed by atoms with Crippen LogP contribution in [0.4, 0.5) is 5.13 Å². The summed E-state index contributed by atoms with van der Waals surface area (Å²) in [6.45, 7) is 1.97. The van der Waals surface area contributed by atoms with Crippen molar-refractivity contribution in [3.8, 4) is 0 Å². The molecule has 0 aliphatic heterocycles. The average Bonchev–Trinajstić information content (AvgIpc) is 2.81. The summed E-state index contributed by atoms with van der Waals surface area (Å²) in [6.07, 6.45) is 3.34. The number of thiazole rings is 1. The van der Waals surface area contributed by atoms with Crippen molar-refractivity contribution in [2.24, 2.45) is 0 Å². The number of nitrogens with one attached hydrogen (secondary N) is 1. The molecule has 0 bridgehead atoms. The fraction of sp³-hybridized carbons (Fsp3) is 0.0769. The van der Waals surface area contributed by atoms with Gasteiger partial charge in [-0.15, -0.1) is 0 Å². The second-order valence-corrected chi connectivity index (χ2v) is 5.05. The smallest absolute Gasteiger partial charge is 0.276 e. The van der Waals surface area contributed by atoms with Gasteiger partial charge in [0.25, 0.3) is 5.91 Å². The number of carbonyl (C=O) groups is 1. The van der Waals surface area contributed by atoms with Crippen LogP contribution >= 0.6 is 11.3 Å². The zero-order chi connectivity index (χ0) is 13.2. The fourth-order valence-corrected chi connectivity index (χ4v) is 2.55. The summed E-state index contributed by atoms with van der Waals surface area (Å²) in [5.41, 5.74) is 2.08. The van der Waals surface area contributed by atoms with E-state index in [1.54, 1.807) is 30.6 Å². The van der Waals surface area contributed by atoms with Gasteiger partial charge in [0.1, 0.15) is 5.69 Å². The summed E-state index contributed by atoms with van der Waals surface area (Å²) in [7, 11) is 0. The summed E-state index contributed by atoms with van der Waals surface area (Å²) in [6, 6.07) is 7.19. The molecule has 0 spiro atoms. The lowest BCUT2D eigenvalue weighted by molar-refractivity contribution is 0.102. The molecule has 0 aliphatic carbocycles. The lowest BCUT2D eigenvalue weighted by atomic mass is 10.3. The maximum absolute atomic E-state index is 11.9. The number of hydrogen-bond donors (Lipinski definition) is 1. The molecule has 0 saturated heterocycles. The molecular formula is C13H10N4OS. The van der Waals surface area contributed by atoms with Crippen molar-refractivity contribution in [2.75, 3.05) is 5.32 Å². The highest BCUT2D eigenvalue weighted by atomic mass is 32.1. The van der Waals surface area contributed by atoms with Crippen LogP contribution in [0.5, 0.6) is 0 Å². The third kappa shape index (κ3) is 2.43. The first-order valence-corrected chi connectivity index (χ1v) is 6.49. The summed E-state index contributed by atoms with van der Waals surface area (Å²) >= 11 is 1.40. The Morgan fingerprint density at radius 1 is 1.32 bits per heavy atom. The van der Waals surface area contributed by atoms with E-state index in [1.165, 1.54) is 11.3 Å². The molecule has 0 unspecified atom stereocenters. The standard InChI is InChI=1S/C13H10N4OS/c1-8-6-10-11(15-7-8)16-13(19-10)17-12(18)9-4-2-3-5-14-9/h2-7H,1H3,(H,15,16,17,18). The Hall–Kier alpha value is -2.34. The van der Waals surface area contributed by atoms with Crippen molar-refractivity contribution in [1.82, 2.24) is 15.0 Å². The molecule has 3 aromatic heterocycles. The molecule has 3 rings (SSSR count). The van der Waals surface area contributed by atoms with Crippen molar-refractivity contribution in [2.45, 2.75) is 6.92 Å². The minimum atomic E-state index is -0.267. The molecule has 1 amide bonds. The SMILES string of the molecule is Cc1cnc2nc(NC(=O)c3ccccn3)sc2c1. The van der Waals surface area contributed by atoms with Crippen LogP contribution in [-0.2, 0) is 0 Å². The molecule has 1 N–H and O–H groups in total. The molecule has 0 saturated carbocycles. The van der Waals surface area contributed by atoms with E-state index in [9.17, 15) is 4.79 Å². The highest BCUT2D eigenvalue weighted by Gasteiger charge is 2.11. The molecule has 3 aromatic rings. The van der Waals surface area contributed by atoms with Crippen molar-refractivity contribution < 1.29 is 4.79 Å². The molecular weight excluding hydrogens is 260 g/mol. The summed E-state index contributed by atoms with van der Waals surface area (Å²) in [5.74, 6) is -0.267.